The second kappa shape index (κ2) is 7.31. The number of carbonyl (C=O) groups is 2. The Labute approximate surface area is 133 Å². The summed E-state index contributed by atoms with van der Waals surface area (Å²) in [4.78, 5) is 23.5. The lowest BCUT2D eigenvalue weighted by atomic mass is 10.1. The molecule has 3 N–H and O–H groups in total. The Morgan fingerprint density at radius 2 is 1.64 bits per heavy atom. The summed E-state index contributed by atoms with van der Waals surface area (Å²) in [6.07, 6.45) is 2.30. The summed E-state index contributed by atoms with van der Waals surface area (Å²) in [7, 11) is 0. The number of carbonyl (C=O) groups excluding carboxylic acids is 2. The molecule has 22 heavy (non-hydrogen) atoms. The average molecular weight is 313 g/mol. The van der Waals surface area contributed by atoms with Crippen LogP contribution in [0.1, 0.15) is 60.8 Å². The van der Waals surface area contributed by atoms with Crippen LogP contribution in [0.2, 0.25) is 0 Å². The lowest BCUT2D eigenvalue weighted by molar-refractivity contribution is -0.121. The summed E-state index contributed by atoms with van der Waals surface area (Å²) in [5.74, 6) is -0.00366. The van der Waals surface area contributed by atoms with Gasteiger partial charge in [-0.15, -0.1) is 0 Å². The Bertz CT molecular complexity index is 396. The molecule has 2 atom stereocenters. The highest BCUT2D eigenvalue weighted by Crippen LogP contribution is 2.19. The summed E-state index contributed by atoms with van der Waals surface area (Å²) in [6.45, 7) is 11.7. The van der Waals surface area contributed by atoms with Gasteiger partial charge in [-0.3, -0.25) is 4.79 Å². The molecule has 128 valence electrons. The van der Waals surface area contributed by atoms with Crippen molar-refractivity contribution in [3.63, 3.8) is 0 Å². The van der Waals surface area contributed by atoms with Crippen molar-refractivity contribution < 1.29 is 14.3 Å². The maximum atomic E-state index is 11.8. The SMILES string of the molecule is CC(C)(C)NC(=O)CNC1CCC(NC(=O)OC(C)(C)C)C1. The molecule has 0 aromatic carbocycles. The quantitative estimate of drug-likeness (QED) is 0.741. The summed E-state index contributed by atoms with van der Waals surface area (Å²) in [6, 6.07) is 0.365. The Kier molecular flexibility index (Phi) is 6.23. The fraction of sp³-hybridized carbons (Fsp3) is 0.875. The Morgan fingerprint density at radius 1 is 1.05 bits per heavy atom. The van der Waals surface area contributed by atoms with Gasteiger partial charge < -0.3 is 20.7 Å². The molecule has 1 aliphatic carbocycles. The van der Waals surface area contributed by atoms with Crippen LogP contribution in [-0.2, 0) is 9.53 Å². The number of ether oxygens (including phenoxy) is 1. The number of hydrogen-bond acceptors (Lipinski definition) is 4. The first-order valence-corrected chi connectivity index (χ1v) is 7.98. The predicted molar refractivity (Wildman–Crippen MR) is 86.7 cm³/mol. The zero-order chi connectivity index (χ0) is 17.0. The first kappa shape index (κ1) is 18.7. The lowest BCUT2D eigenvalue weighted by Crippen LogP contribution is -2.46. The number of rotatable bonds is 4. The van der Waals surface area contributed by atoms with Crippen molar-refractivity contribution in [1.29, 1.82) is 0 Å². The molecule has 0 aliphatic heterocycles. The normalized spacial score (nSPS) is 22.3. The predicted octanol–water partition coefficient (Wildman–Crippen LogP) is 1.94. The molecule has 0 radical (unpaired) electrons. The Morgan fingerprint density at radius 3 is 2.18 bits per heavy atom. The van der Waals surface area contributed by atoms with Crippen LogP contribution in [0.15, 0.2) is 0 Å². The third-order valence-corrected chi connectivity index (χ3v) is 3.22. The number of amides is 2. The van der Waals surface area contributed by atoms with E-state index in [1.807, 2.05) is 41.5 Å². The van der Waals surface area contributed by atoms with Crippen molar-refractivity contribution in [2.75, 3.05) is 6.54 Å². The van der Waals surface area contributed by atoms with Crippen molar-refractivity contribution >= 4 is 12.0 Å². The first-order chi connectivity index (χ1) is 9.94. The van der Waals surface area contributed by atoms with Gasteiger partial charge >= 0.3 is 6.09 Å². The van der Waals surface area contributed by atoms with Crippen LogP contribution >= 0.6 is 0 Å². The molecular formula is C16H31N3O3. The maximum Gasteiger partial charge on any atom is 0.407 e. The molecular weight excluding hydrogens is 282 g/mol. The van der Waals surface area contributed by atoms with E-state index in [1.165, 1.54) is 0 Å². The molecule has 0 aromatic heterocycles. The summed E-state index contributed by atoms with van der Waals surface area (Å²) >= 11 is 0. The van der Waals surface area contributed by atoms with Crippen LogP contribution in [0, 0.1) is 0 Å². The molecule has 6 nitrogen and oxygen atoms in total. The lowest BCUT2D eigenvalue weighted by Gasteiger charge is -2.22. The third-order valence-electron chi connectivity index (χ3n) is 3.22. The fourth-order valence-corrected chi connectivity index (χ4v) is 2.47. The Hall–Kier alpha value is -1.30. The molecule has 0 heterocycles. The minimum atomic E-state index is -0.481. The topological polar surface area (TPSA) is 79.5 Å². The zero-order valence-corrected chi connectivity index (χ0v) is 14.7. The van der Waals surface area contributed by atoms with Crippen molar-refractivity contribution in [1.82, 2.24) is 16.0 Å². The minimum absolute atomic E-state index is 0.00366. The van der Waals surface area contributed by atoms with E-state index in [0.717, 1.165) is 19.3 Å². The monoisotopic (exact) mass is 313 g/mol. The van der Waals surface area contributed by atoms with Gasteiger partial charge in [0.1, 0.15) is 5.60 Å². The highest BCUT2D eigenvalue weighted by atomic mass is 16.6. The van der Waals surface area contributed by atoms with Gasteiger partial charge in [0.2, 0.25) is 5.91 Å². The summed E-state index contributed by atoms with van der Waals surface area (Å²) < 4.78 is 5.25. The first-order valence-electron chi connectivity index (χ1n) is 7.98. The van der Waals surface area contributed by atoms with E-state index in [-0.39, 0.29) is 29.6 Å². The van der Waals surface area contributed by atoms with Crippen molar-refractivity contribution in [2.45, 2.75) is 84.0 Å². The molecule has 0 bridgehead atoms. The van der Waals surface area contributed by atoms with Gasteiger partial charge in [-0.1, -0.05) is 0 Å². The van der Waals surface area contributed by atoms with E-state index in [0.29, 0.717) is 6.54 Å². The highest BCUT2D eigenvalue weighted by Gasteiger charge is 2.28. The van der Waals surface area contributed by atoms with Crippen LogP contribution in [0.3, 0.4) is 0 Å². The molecule has 0 spiro atoms. The molecule has 1 fully saturated rings. The minimum Gasteiger partial charge on any atom is -0.444 e. The second-order valence-corrected chi connectivity index (χ2v) is 8.03. The fourth-order valence-electron chi connectivity index (χ4n) is 2.47. The van der Waals surface area contributed by atoms with Crippen molar-refractivity contribution in [3.05, 3.63) is 0 Å². The van der Waals surface area contributed by atoms with Crippen LogP contribution < -0.4 is 16.0 Å². The number of hydrogen-bond donors (Lipinski definition) is 3. The van der Waals surface area contributed by atoms with Gasteiger partial charge in [0, 0.05) is 17.6 Å². The van der Waals surface area contributed by atoms with Gasteiger partial charge in [-0.05, 0) is 60.8 Å². The van der Waals surface area contributed by atoms with Crippen LogP contribution in [0.25, 0.3) is 0 Å². The molecule has 1 saturated carbocycles. The summed E-state index contributed by atoms with van der Waals surface area (Å²) in [5.41, 5.74) is -0.694. The number of nitrogens with one attached hydrogen (secondary N) is 3. The smallest absolute Gasteiger partial charge is 0.407 e. The highest BCUT2D eigenvalue weighted by molar-refractivity contribution is 5.78. The van der Waals surface area contributed by atoms with Gasteiger partial charge in [0.25, 0.3) is 0 Å². The molecule has 1 aliphatic rings. The summed E-state index contributed by atoms with van der Waals surface area (Å²) in [5, 5.41) is 9.06. The number of alkyl carbamates (subject to hydrolysis) is 1. The molecule has 0 saturated heterocycles. The van der Waals surface area contributed by atoms with E-state index in [4.69, 9.17) is 4.74 Å². The third kappa shape index (κ3) is 8.22. The van der Waals surface area contributed by atoms with Crippen LogP contribution in [0.4, 0.5) is 4.79 Å². The van der Waals surface area contributed by atoms with Crippen LogP contribution in [0.5, 0.6) is 0 Å². The van der Waals surface area contributed by atoms with E-state index < -0.39 is 5.60 Å². The maximum absolute atomic E-state index is 11.8. The molecule has 2 unspecified atom stereocenters. The van der Waals surface area contributed by atoms with Crippen LogP contribution in [-0.4, -0.2) is 41.8 Å². The average Bonchev–Trinajstić information content (AvgIpc) is 2.68. The largest absolute Gasteiger partial charge is 0.444 e. The second-order valence-electron chi connectivity index (χ2n) is 8.03. The standard InChI is InChI=1S/C16H31N3O3/c1-15(2,3)19-13(20)10-17-11-7-8-12(9-11)18-14(21)22-16(4,5)6/h11-12,17H,7-10H2,1-6H3,(H,18,21)(H,19,20). The van der Waals surface area contributed by atoms with Gasteiger partial charge in [0.15, 0.2) is 0 Å². The van der Waals surface area contributed by atoms with Gasteiger partial charge in [-0.25, -0.2) is 4.79 Å². The molecule has 6 heteroatoms. The van der Waals surface area contributed by atoms with Crippen molar-refractivity contribution in [3.8, 4) is 0 Å². The van der Waals surface area contributed by atoms with E-state index in [2.05, 4.69) is 16.0 Å². The van der Waals surface area contributed by atoms with E-state index in [1.54, 1.807) is 0 Å². The molecule has 2 amide bonds. The molecule has 0 aromatic rings. The Balaban J connectivity index is 2.26. The van der Waals surface area contributed by atoms with Crippen molar-refractivity contribution in [2.24, 2.45) is 0 Å². The zero-order valence-electron chi connectivity index (χ0n) is 14.7. The van der Waals surface area contributed by atoms with Gasteiger partial charge in [0.05, 0.1) is 6.54 Å². The van der Waals surface area contributed by atoms with E-state index in [9.17, 15) is 9.59 Å². The van der Waals surface area contributed by atoms with Gasteiger partial charge in [-0.2, -0.15) is 0 Å². The van der Waals surface area contributed by atoms with E-state index >= 15 is 0 Å². The molecule has 1 rings (SSSR count).